The van der Waals surface area contributed by atoms with Gasteiger partial charge in [-0.3, -0.25) is 0 Å². The number of nitrogens with zero attached hydrogens (tertiary/aromatic N) is 3. The van der Waals surface area contributed by atoms with Crippen LogP contribution in [-0.4, -0.2) is 66.1 Å². The summed E-state index contributed by atoms with van der Waals surface area (Å²) in [5.41, 5.74) is 1.39. The molecule has 0 unspecified atom stereocenters. The van der Waals surface area contributed by atoms with Crippen LogP contribution >= 0.6 is 11.3 Å². The van der Waals surface area contributed by atoms with Crippen molar-refractivity contribution < 1.29 is 9.53 Å². The third-order valence-electron chi connectivity index (χ3n) is 6.20. The van der Waals surface area contributed by atoms with Crippen molar-refractivity contribution >= 4 is 17.4 Å². The highest BCUT2D eigenvalue weighted by molar-refractivity contribution is 7.14. The van der Waals surface area contributed by atoms with Crippen molar-refractivity contribution in [2.45, 2.75) is 65.0 Å². The van der Waals surface area contributed by atoms with E-state index in [0.717, 1.165) is 82.4 Å². The van der Waals surface area contributed by atoms with Gasteiger partial charge in [-0.25, -0.2) is 4.79 Å². The Morgan fingerprint density at radius 2 is 1.86 bits per heavy atom. The third-order valence-corrected chi connectivity index (χ3v) is 7.25. The Bertz CT molecular complexity index is 661. The van der Waals surface area contributed by atoms with Crippen molar-refractivity contribution in [3.05, 3.63) is 16.5 Å². The topological polar surface area (TPSA) is 36.0 Å². The molecular formula is C22H35N3O2S. The Kier molecular flexibility index (Phi) is 6.46. The highest BCUT2D eigenvalue weighted by atomic mass is 32.1. The number of carbonyl (C=O) groups is 1. The molecule has 3 aliphatic heterocycles. The lowest BCUT2D eigenvalue weighted by Crippen LogP contribution is -2.46. The van der Waals surface area contributed by atoms with Crippen LogP contribution < -0.4 is 4.74 Å². The van der Waals surface area contributed by atoms with E-state index in [1.54, 1.807) is 11.3 Å². The number of thiophene rings is 1. The monoisotopic (exact) mass is 405 g/mol. The molecule has 1 aromatic heterocycles. The highest BCUT2D eigenvalue weighted by Gasteiger charge is 2.28. The van der Waals surface area contributed by atoms with E-state index in [2.05, 4.69) is 24.8 Å². The maximum absolute atomic E-state index is 12.8. The second-order valence-corrected chi connectivity index (χ2v) is 10.1. The lowest BCUT2D eigenvalue weighted by Gasteiger charge is -2.34. The minimum atomic E-state index is 0.235. The molecular weight excluding hydrogens is 370 g/mol. The molecule has 0 saturated carbocycles. The molecule has 4 heterocycles. The molecule has 0 atom stereocenters. The second-order valence-electron chi connectivity index (χ2n) is 9.03. The molecule has 0 N–H and O–H groups in total. The number of amides is 2. The van der Waals surface area contributed by atoms with Crippen LogP contribution in [0.15, 0.2) is 6.07 Å². The molecule has 0 radical (unpaired) electrons. The van der Waals surface area contributed by atoms with Crippen molar-refractivity contribution in [3.63, 3.8) is 0 Å². The van der Waals surface area contributed by atoms with E-state index < -0.39 is 0 Å². The van der Waals surface area contributed by atoms with Crippen LogP contribution in [0.3, 0.4) is 0 Å². The molecule has 2 amide bonds. The van der Waals surface area contributed by atoms with Crippen LogP contribution in [0.5, 0.6) is 5.06 Å². The standard InChI is InChI=1S/C22H35N3O2S/c1-17(2)15-23-11-7-19(8-12-23)27-21-14-18-6-13-25(16-20(18)28-21)22(26)24-9-4-3-5-10-24/h14,17,19H,3-13,15-16H2,1-2H3. The van der Waals surface area contributed by atoms with E-state index in [0.29, 0.717) is 6.10 Å². The van der Waals surface area contributed by atoms with Crippen LogP contribution in [-0.2, 0) is 13.0 Å². The highest BCUT2D eigenvalue weighted by Crippen LogP contribution is 2.35. The van der Waals surface area contributed by atoms with E-state index >= 15 is 0 Å². The van der Waals surface area contributed by atoms with E-state index in [1.807, 2.05) is 9.80 Å². The zero-order valence-electron chi connectivity index (χ0n) is 17.5. The first-order chi connectivity index (χ1) is 13.6. The van der Waals surface area contributed by atoms with Gasteiger partial charge in [0.15, 0.2) is 5.06 Å². The Balaban J connectivity index is 1.30. The van der Waals surface area contributed by atoms with Crippen LogP contribution in [0, 0.1) is 5.92 Å². The summed E-state index contributed by atoms with van der Waals surface area (Å²) >= 11 is 1.76. The second kappa shape index (κ2) is 9.04. The van der Waals surface area contributed by atoms with Crippen LogP contribution in [0.4, 0.5) is 4.79 Å². The van der Waals surface area contributed by atoms with Gasteiger partial charge in [0.05, 0.1) is 6.54 Å². The lowest BCUT2D eigenvalue weighted by molar-refractivity contribution is 0.0969. The van der Waals surface area contributed by atoms with Gasteiger partial charge in [0.25, 0.3) is 0 Å². The van der Waals surface area contributed by atoms with Gasteiger partial charge in [0.1, 0.15) is 6.10 Å². The molecule has 0 aromatic carbocycles. The summed E-state index contributed by atoms with van der Waals surface area (Å²) in [5.74, 6) is 0.733. The number of rotatable bonds is 4. The van der Waals surface area contributed by atoms with Gasteiger partial charge < -0.3 is 19.4 Å². The average molecular weight is 406 g/mol. The number of fused-ring (bicyclic) bond motifs is 1. The van der Waals surface area contributed by atoms with Crippen LogP contribution in [0.25, 0.3) is 0 Å². The van der Waals surface area contributed by atoms with Gasteiger partial charge in [0, 0.05) is 44.1 Å². The minimum Gasteiger partial charge on any atom is -0.481 e. The van der Waals surface area contributed by atoms with Gasteiger partial charge in [-0.2, -0.15) is 0 Å². The Labute approximate surface area is 173 Å². The molecule has 6 heteroatoms. The zero-order valence-corrected chi connectivity index (χ0v) is 18.3. The summed E-state index contributed by atoms with van der Waals surface area (Å²) in [6.45, 7) is 11.5. The van der Waals surface area contributed by atoms with Crippen molar-refractivity contribution in [1.29, 1.82) is 0 Å². The number of carbonyl (C=O) groups excluding carboxylic acids is 1. The molecule has 0 spiro atoms. The zero-order chi connectivity index (χ0) is 19.5. The Hall–Kier alpha value is -1.27. The van der Waals surface area contributed by atoms with Crippen LogP contribution in [0.2, 0.25) is 0 Å². The number of hydrogen-bond donors (Lipinski definition) is 0. The molecule has 156 valence electrons. The van der Waals surface area contributed by atoms with Gasteiger partial charge in [-0.1, -0.05) is 13.8 Å². The number of hydrogen-bond acceptors (Lipinski definition) is 4. The van der Waals surface area contributed by atoms with Crippen molar-refractivity contribution in [1.82, 2.24) is 14.7 Å². The molecule has 2 fully saturated rings. The summed E-state index contributed by atoms with van der Waals surface area (Å²) in [4.78, 5) is 20.8. The molecule has 0 aliphatic carbocycles. The predicted molar refractivity (Wildman–Crippen MR) is 114 cm³/mol. The molecule has 3 aliphatic rings. The van der Waals surface area contributed by atoms with Gasteiger partial charge in [0.2, 0.25) is 0 Å². The smallest absolute Gasteiger partial charge is 0.320 e. The first-order valence-electron chi connectivity index (χ1n) is 11.1. The first-order valence-corrected chi connectivity index (χ1v) is 11.9. The molecule has 2 saturated heterocycles. The fraction of sp³-hybridized carbons (Fsp3) is 0.773. The van der Waals surface area contributed by atoms with Crippen molar-refractivity contribution in [3.8, 4) is 5.06 Å². The molecule has 28 heavy (non-hydrogen) atoms. The fourth-order valence-electron chi connectivity index (χ4n) is 4.69. The minimum absolute atomic E-state index is 0.235. The van der Waals surface area contributed by atoms with Gasteiger partial charge >= 0.3 is 6.03 Å². The first kappa shape index (κ1) is 20.0. The largest absolute Gasteiger partial charge is 0.481 e. The quantitative estimate of drug-likeness (QED) is 0.753. The summed E-state index contributed by atoms with van der Waals surface area (Å²) in [6, 6.07) is 2.47. The summed E-state index contributed by atoms with van der Waals surface area (Å²) in [6.07, 6.45) is 7.10. The van der Waals surface area contributed by atoms with Gasteiger partial charge in [-0.05, 0) is 56.1 Å². The molecule has 1 aromatic rings. The summed E-state index contributed by atoms with van der Waals surface area (Å²) < 4.78 is 6.35. The average Bonchev–Trinajstić information content (AvgIpc) is 3.10. The molecule has 5 nitrogen and oxygen atoms in total. The number of ether oxygens (including phenoxy) is 1. The number of piperidine rings is 2. The van der Waals surface area contributed by atoms with Crippen molar-refractivity contribution in [2.75, 3.05) is 39.3 Å². The maximum atomic E-state index is 12.8. The van der Waals surface area contributed by atoms with E-state index in [4.69, 9.17) is 4.74 Å². The Morgan fingerprint density at radius 3 is 2.57 bits per heavy atom. The number of urea groups is 1. The normalized spacial score (nSPS) is 21.8. The van der Waals surface area contributed by atoms with E-state index in [9.17, 15) is 4.79 Å². The molecule has 0 bridgehead atoms. The lowest BCUT2D eigenvalue weighted by atomic mass is 10.1. The summed E-state index contributed by atoms with van der Waals surface area (Å²) in [7, 11) is 0. The van der Waals surface area contributed by atoms with Crippen LogP contribution in [0.1, 0.15) is 56.4 Å². The third kappa shape index (κ3) is 4.82. The molecule has 4 rings (SSSR count). The van der Waals surface area contributed by atoms with Crippen molar-refractivity contribution in [2.24, 2.45) is 5.92 Å². The SMILES string of the molecule is CC(C)CN1CCC(Oc2cc3c(s2)CN(C(=O)N2CCCCC2)CC3)CC1. The van der Waals surface area contributed by atoms with Gasteiger partial charge in [-0.15, -0.1) is 11.3 Å². The fourth-order valence-corrected chi connectivity index (χ4v) is 5.83. The predicted octanol–water partition coefficient (Wildman–Crippen LogP) is 4.21. The number of likely N-dealkylation sites (tertiary alicyclic amines) is 2. The maximum Gasteiger partial charge on any atom is 0.320 e. The van der Waals surface area contributed by atoms with E-state index in [-0.39, 0.29) is 6.03 Å². The van der Waals surface area contributed by atoms with E-state index in [1.165, 1.54) is 23.4 Å². The summed E-state index contributed by atoms with van der Waals surface area (Å²) in [5, 5.41) is 1.06. The Morgan fingerprint density at radius 1 is 1.11 bits per heavy atom.